The third-order valence-corrected chi connectivity index (χ3v) is 3.22. The Hall–Kier alpha value is -1.84. The van der Waals surface area contributed by atoms with Gasteiger partial charge in [0.05, 0.1) is 0 Å². The van der Waals surface area contributed by atoms with Gasteiger partial charge >= 0.3 is 0 Å². The fourth-order valence-corrected chi connectivity index (χ4v) is 2.32. The standard InChI is InChI=1S/C14H16FNO2/c1-3-4-7-14(2)8-9-5-6-10(15)11(13(16)17)12(9)18-14/h3,5-6H,1,4,7-8H2,2H3,(H2,16,17). The molecule has 0 saturated carbocycles. The zero-order valence-corrected chi connectivity index (χ0v) is 10.3. The molecule has 1 atom stereocenters. The highest BCUT2D eigenvalue weighted by atomic mass is 19.1. The van der Waals surface area contributed by atoms with E-state index >= 15 is 0 Å². The normalized spacial score (nSPS) is 21.2. The zero-order chi connectivity index (χ0) is 13.3. The van der Waals surface area contributed by atoms with Gasteiger partial charge in [-0.2, -0.15) is 0 Å². The molecule has 4 heteroatoms. The van der Waals surface area contributed by atoms with E-state index in [1.807, 2.05) is 13.0 Å². The Kier molecular flexibility index (Phi) is 3.11. The van der Waals surface area contributed by atoms with Crippen LogP contribution >= 0.6 is 0 Å². The molecule has 0 aliphatic carbocycles. The molecular formula is C14H16FNO2. The molecule has 18 heavy (non-hydrogen) atoms. The highest BCUT2D eigenvalue weighted by Crippen LogP contribution is 2.40. The number of carbonyl (C=O) groups is 1. The van der Waals surface area contributed by atoms with Crippen LogP contribution in [0, 0.1) is 5.82 Å². The van der Waals surface area contributed by atoms with Crippen molar-refractivity contribution in [2.75, 3.05) is 0 Å². The zero-order valence-electron chi connectivity index (χ0n) is 10.3. The highest BCUT2D eigenvalue weighted by Gasteiger charge is 2.37. The fourth-order valence-electron chi connectivity index (χ4n) is 2.32. The maximum atomic E-state index is 13.6. The first-order valence-corrected chi connectivity index (χ1v) is 5.88. The van der Waals surface area contributed by atoms with Crippen LogP contribution in [-0.2, 0) is 6.42 Å². The summed E-state index contributed by atoms with van der Waals surface area (Å²) in [7, 11) is 0. The molecule has 1 unspecified atom stereocenters. The number of allylic oxidation sites excluding steroid dienone is 1. The summed E-state index contributed by atoms with van der Waals surface area (Å²) in [6.45, 7) is 5.62. The third-order valence-electron chi connectivity index (χ3n) is 3.22. The van der Waals surface area contributed by atoms with Gasteiger partial charge in [-0.05, 0) is 31.4 Å². The number of benzene rings is 1. The van der Waals surface area contributed by atoms with Crippen LogP contribution in [0.5, 0.6) is 5.75 Å². The van der Waals surface area contributed by atoms with Crippen LogP contribution in [0.3, 0.4) is 0 Å². The molecule has 0 spiro atoms. The van der Waals surface area contributed by atoms with E-state index in [1.165, 1.54) is 6.07 Å². The van der Waals surface area contributed by atoms with E-state index in [-0.39, 0.29) is 5.56 Å². The molecule has 2 N–H and O–H groups in total. The van der Waals surface area contributed by atoms with Crippen LogP contribution in [0.25, 0.3) is 0 Å². The van der Waals surface area contributed by atoms with E-state index in [2.05, 4.69) is 6.58 Å². The number of rotatable bonds is 4. The van der Waals surface area contributed by atoms with Crippen molar-refractivity contribution in [1.82, 2.24) is 0 Å². The highest BCUT2D eigenvalue weighted by molar-refractivity contribution is 5.96. The number of fused-ring (bicyclic) bond motifs is 1. The summed E-state index contributed by atoms with van der Waals surface area (Å²) < 4.78 is 19.4. The second kappa shape index (κ2) is 4.44. The van der Waals surface area contributed by atoms with Crippen molar-refractivity contribution in [3.8, 4) is 5.75 Å². The van der Waals surface area contributed by atoms with Crippen LogP contribution in [0.1, 0.15) is 35.7 Å². The number of halogens is 1. The van der Waals surface area contributed by atoms with Crippen LogP contribution in [0.15, 0.2) is 24.8 Å². The van der Waals surface area contributed by atoms with Gasteiger partial charge in [-0.15, -0.1) is 6.58 Å². The molecule has 1 aromatic carbocycles. The molecule has 0 bridgehead atoms. The van der Waals surface area contributed by atoms with Gasteiger partial charge in [0.2, 0.25) is 0 Å². The van der Waals surface area contributed by atoms with E-state index in [4.69, 9.17) is 10.5 Å². The molecule has 1 heterocycles. The summed E-state index contributed by atoms with van der Waals surface area (Å²) in [4.78, 5) is 11.3. The second-order valence-electron chi connectivity index (χ2n) is 4.83. The fraction of sp³-hybridized carbons (Fsp3) is 0.357. The molecule has 0 saturated heterocycles. The van der Waals surface area contributed by atoms with Gasteiger partial charge in [-0.1, -0.05) is 12.1 Å². The number of hydrogen-bond acceptors (Lipinski definition) is 2. The van der Waals surface area contributed by atoms with Crippen molar-refractivity contribution < 1.29 is 13.9 Å². The summed E-state index contributed by atoms with van der Waals surface area (Å²) >= 11 is 0. The van der Waals surface area contributed by atoms with Gasteiger partial charge in [0.15, 0.2) is 0 Å². The maximum Gasteiger partial charge on any atom is 0.255 e. The lowest BCUT2D eigenvalue weighted by atomic mass is 9.94. The number of carbonyl (C=O) groups excluding carboxylic acids is 1. The largest absolute Gasteiger partial charge is 0.486 e. The lowest BCUT2D eigenvalue weighted by Gasteiger charge is -2.23. The number of hydrogen-bond donors (Lipinski definition) is 1. The summed E-state index contributed by atoms with van der Waals surface area (Å²) in [6, 6.07) is 2.91. The minimum atomic E-state index is -0.794. The Bertz CT molecular complexity index is 513. The van der Waals surface area contributed by atoms with Gasteiger partial charge in [0.25, 0.3) is 5.91 Å². The number of primary amides is 1. The SMILES string of the molecule is C=CCCC1(C)Cc2ccc(F)c(C(N)=O)c2O1. The van der Waals surface area contributed by atoms with Crippen molar-refractivity contribution in [3.63, 3.8) is 0 Å². The molecule has 1 aliphatic rings. The van der Waals surface area contributed by atoms with E-state index < -0.39 is 17.3 Å². The minimum absolute atomic E-state index is 0.144. The Balaban J connectivity index is 2.37. The van der Waals surface area contributed by atoms with E-state index in [0.717, 1.165) is 18.4 Å². The summed E-state index contributed by atoms with van der Waals surface area (Å²) in [5.74, 6) is -1.12. The van der Waals surface area contributed by atoms with E-state index in [1.54, 1.807) is 6.07 Å². The average molecular weight is 249 g/mol. The molecule has 0 radical (unpaired) electrons. The Morgan fingerprint density at radius 2 is 2.39 bits per heavy atom. The van der Waals surface area contributed by atoms with Crippen LogP contribution < -0.4 is 10.5 Å². The Labute approximate surface area is 105 Å². The van der Waals surface area contributed by atoms with Crippen molar-refractivity contribution in [1.29, 1.82) is 0 Å². The first-order valence-electron chi connectivity index (χ1n) is 5.88. The third kappa shape index (κ3) is 2.10. The van der Waals surface area contributed by atoms with E-state index in [0.29, 0.717) is 12.2 Å². The van der Waals surface area contributed by atoms with Crippen LogP contribution in [-0.4, -0.2) is 11.5 Å². The molecule has 1 aromatic rings. The van der Waals surface area contributed by atoms with Gasteiger partial charge in [-0.25, -0.2) is 4.39 Å². The predicted molar refractivity (Wildman–Crippen MR) is 67.1 cm³/mol. The van der Waals surface area contributed by atoms with Gasteiger partial charge in [0, 0.05) is 6.42 Å². The number of amides is 1. The topological polar surface area (TPSA) is 52.3 Å². The molecule has 1 aliphatic heterocycles. The van der Waals surface area contributed by atoms with Gasteiger partial charge in [-0.3, -0.25) is 4.79 Å². The Morgan fingerprint density at radius 1 is 1.67 bits per heavy atom. The van der Waals surface area contributed by atoms with Crippen molar-refractivity contribution in [2.24, 2.45) is 5.73 Å². The molecule has 0 aromatic heterocycles. The molecule has 1 amide bonds. The number of ether oxygens (including phenoxy) is 1. The Morgan fingerprint density at radius 3 is 3.00 bits per heavy atom. The maximum absolute atomic E-state index is 13.6. The summed E-state index contributed by atoms with van der Waals surface area (Å²) in [5, 5.41) is 0. The van der Waals surface area contributed by atoms with Crippen molar-refractivity contribution in [3.05, 3.63) is 41.7 Å². The first-order chi connectivity index (χ1) is 8.47. The molecule has 96 valence electrons. The smallest absolute Gasteiger partial charge is 0.255 e. The predicted octanol–water partition coefficient (Wildman–Crippen LogP) is 2.58. The lowest BCUT2D eigenvalue weighted by Crippen LogP contribution is -2.30. The quantitative estimate of drug-likeness (QED) is 0.834. The van der Waals surface area contributed by atoms with E-state index in [9.17, 15) is 9.18 Å². The molecule has 3 nitrogen and oxygen atoms in total. The second-order valence-corrected chi connectivity index (χ2v) is 4.83. The van der Waals surface area contributed by atoms with Crippen molar-refractivity contribution >= 4 is 5.91 Å². The minimum Gasteiger partial charge on any atom is -0.486 e. The molecular weight excluding hydrogens is 233 g/mol. The monoisotopic (exact) mass is 249 g/mol. The van der Waals surface area contributed by atoms with Crippen molar-refractivity contribution in [2.45, 2.75) is 31.8 Å². The van der Waals surface area contributed by atoms with Gasteiger partial charge < -0.3 is 10.5 Å². The van der Waals surface area contributed by atoms with Gasteiger partial charge in [0.1, 0.15) is 22.7 Å². The number of nitrogens with two attached hydrogens (primary N) is 1. The summed E-state index contributed by atoms with van der Waals surface area (Å²) in [6.07, 6.45) is 4.04. The molecule has 2 rings (SSSR count). The summed E-state index contributed by atoms with van der Waals surface area (Å²) in [5.41, 5.74) is 5.47. The first kappa shape index (κ1) is 12.6. The van der Waals surface area contributed by atoms with Crippen LogP contribution in [0.4, 0.5) is 4.39 Å². The lowest BCUT2D eigenvalue weighted by molar-refractivity contribution is 0.0947. The average Bonchev–Trinajstić information content (AvgIpc) is 2.62. The van der Waals surface area contributed by atoms with Crippen LogP contribution in [0.2, 0.25) is 0 Å². The molecule has 0 fully saturated rings.